The Hall–Kier alpha value is -1.92. The van der Waals surface area contributed by atoms with Crippen molar-refractivity contribution < 1.29 is 31.9 Å². The van der Waals surface area contributed by atoms with Gasteiger partial charge in [0.15, 0.2) is 17.5 Å². The van der Waals surface area contributed by atoms with Crippen LogP contribution in [0.15, 0.2) is 18.2 Å². The molecule has 0 saturated carbocycles. The average Bonchev–Trinajstić information content (AvgIpc) is 2.17. The number of hydrogen-bond acceptors (Lipinski definition) is 1. The molecule has 0 aromatic heterocycles. The largest absolute Gasteiger partial charge is 0.477 e. The van der Waals surface area contributed by atoms with Crippen LogP contribution in [-0.2, 0) is 4.79 Å². The highest BCUT2D eigenvalue weighted by Crippen LogP contribution is 2.26. The summed E-state index contributed by atoms with van der Waals surface area (Å²) in [6.07, 6.45) is -2.70. The third-order valence-electron chi connectivity index (χ3n) is 1.71. The highest BCUT2D eigenvalue weighted by Gasteiger charge is 2.24. The number of carbonyl (C=O) groups is 1. The molecule has 86 valence electrons. The van der Waals surface area contributed by atoms with Gasteiger partial charge in [0.25, 0.3) is 6.08 Å². The second kappa shape index (κ2) is 4.30. The van der Waals surface area contributed by atoms with E-state index in [9.17, 15) is 26.7 Å². The number of carboxylic acids is 1. The summed E-state index contributed by atoms with van der Waals surface area (Å²) in [5.41, 5.74) is -2.90. The van der Waals surface area contributed by atoms with Gasteiger partial charge < -0.3 is 5.11 Å². The van der Waals surface area contributed by atoms with Gasteiger partial charge in [0.1, 0.15) is 5.57 Å². The van der Waals surface area contributed by atoms with Crippen molar-refractivity contribution in [2.75, 3.05) is 0 Å². The normalized spacial score (nSPS) is 10.1. The van der Waals surface area contributed by atoms with Gasteiger partial charge in [0, 0.05) is 5.56 Å². The molecule has 0 fully saturated rings. The van der Waals surface area contributed by atoms with E-state index in [1.165, 1.54) is 0 Å². The van der Waals surface area contributed by atoms with Crippen molar-refractivity contribution in [2.24, 2.45) is 0 Å². The van der Waals surface area contributed by atoms with Crippen molar-refractivity contribution in [2.45, 2.75) is 0 Å². The van der Waals surface area contributed by atoms with Crippen LogP contribution >= 0.6 is 0 Å². The Balaban J connectivity index is 3.51. The van der Waals surface area contributed by atoms with E-state index in [1.807, 2.05) is 0 Å². The lowest BCUT2D eigenvalue weighted by Crippen LogP contribution is -2.05. The Morgan fingerprint density at radius 1 is 1.06 bits per heavy atom. The van der Waals surface area contributed by atoms with Crippen molar-refractivity contribution in [1.29, 1.82) is 0 Å². The van der Waals surface area contributed by atoms with Gasteiger partial charge in [-0.2, -0.15) is 8.78 Å². The van der Waals surface area contributed by atoms with Gasteiger partial charge in [-0.25, -0.2) is 18.0 Å². The zero-order chi connectivity index (χ0) is 12.5. The molecular formula is C9H3F5O2. The second-order valence-corrected chi connectivity index (χ2v) is 2.66. The maximum atomic E-state index is 13.0. The quantitative estimate of drug-likeness (QED) is 0.488. The third kappa shape index (κ3) is 2.02. The van der Waals surface area contributed by atoms with Crippen molar-refractivity contribution in [3.63, 3.8) is 0 Å². The summed E-state index contributed by atoms with van der Waals surface area (Å²) in [7, 11) is 0. The maximum Gasteiger partial charge on any atom is 0.341 e. The second-order valence-electron chi connectivity index (χ2n) is 2.66. The third-order valence-corrected chi connectivity index (χ3v) is 1.71. The average molecular weight is 238 g/mol. The Labute approximate surface area is 85.6 Å². The predicted molar refractivity (Wildman–Crippen MR) is 43.1 cm³/mol. The molecule has 2 nitrogen and oxygen atoms in total. The van der Waals surface area contributed by atoms with Crippen LogP contribution < -0.4 is 0 Å². The van der Waals surface area contributed by atoms with E-state index in [0.717, 1.165) is 0 Å². The van der Waals surface area contributed by atoms with Gasteiger partial charge >= 0.3 is 5.97 Å². The maximum absolute atomic E-state index is 13.0. The molecule has 0 aliphatic carbocycles. The number of carboxylic acid groups (broad SMARTS) is 1. The van der Waals surface area contributed by atoms with Gasteiger partial charge in [0.05, 0.1) is 0 Å². The van der Waals surface area contributed by atoms with Crippen LogP contribution in [0.5, 0.6) is 0 Å². The first-order chi connectivity index (χ1) is 7.36. The summed E-state index contributed by atoms with van der Waals surface area (Å²) in [5.74, 6) is -7.70. The summed E-state index contributed by atoms with van der Waals surface area (Å²) in [4.78, 5) is 10.4. The molecule has 0 bridgehead atoms. The van der Waals surface area contributed by atoms with E-state index in [0.29, 0.717) is 12.1 Å². The van der Waals surface area contributed by atoms with Gasteiger partial charge in [-0.1, -0.05) is 0 Å². The molecule has 1 rings (SSSR count). The fourth-order valence-electron chi connectivity index (χ4n) is 1.02. The highest BCUT2D eigenvalue weighted by atomic mass is 19.3. The van der Waals surface area contributed by atoms with Gasteiger partial charge in [-0.15, -0.1) is 0 Å². The first kappa shape index (κ1) is 12.2. The van der Waals surface area contributed by atoms with Crippen LogP contribution in [0.2, 0.25) is 0 Å². The monoisotopic (exact) mass is 238 g/mol. The minimum absolute atomic E-state index is 0.361. The van der Waals surface area contributed by atoms with Gasteiger partial charge in [0.2, 0.25) is 0 Å². The number of aliphatic carboxylic acids is 1. The molecule has 0 aliphatic rings. The number of benzene rings is 1. The van der Waals surface area contributed by atoms with E-state index in [2.05, 4.69) is 0 Å². The molecule has 0 atom stereocenters. The molecule has 0 unspecified atom stereocenters. The Bertz CT molecular complexity index is 477. The van der Waals surface area contributed by atoms with Crippen molar-refractivity contribution in [3.8, 4) is 0 Å². The van der Waals surface area contributed by atoms with E-state index in [4.69, 9.17) is 5.11 Å². The van der Waals surface area contributed by atoms with Crippen LogP contribution in [-0.4, -0.2) is 11.1 Å². The molecule has 0 aliphatic heterocycles. The summed E-state index contributed by atoms with van der Waals surface area (Å²) < 4.78 is 62.4. The molecule has 0 heterocycles. The summed E-state index contributed by atoms with van der Waals surface area (Å²) in [6, 6.07) is 0.788. The standard InChI is InChI=1S/C9H3F5O2/c10-4-2-1-3(6(11)7(4)12)5(8(13)14)9(15)16/h1-2H,(H,15,16). The zero-order valence-corrected chi connectivity index (χ0v) is 7.40. The summed E-state index contributed by atoms with van der Waals surface area (Å²) in [6.45, 7) is 0. The Kier molecular flexibility index (Phi) is 3.26. The highest BCUT2D eigenvalue weighted by molar-refractivity contribution is 6.15. The molecule has 1 aromatic carbocycles. The molecule has 16 heavy (non-hydrogen) atoms. The molecular weight excluding hydrogens is 235 g/mol. The first-order valence-corrected chi connectivity index (χ1v) is 3.78. The number of rotatable bonds is 2. The SMILES string of the molecule is O=C(O)C(=C(F)F)c1ccc(F)c(F)c1F. The van der Waals surface area contributed by atoms with Crippen molar-refractivity contribution >= 4 is 11.5 Å². The molecule has 1 N–H and O–H groups in total. The summed E-state index contributed by atoms with van der Waals surface area (Å²) >= 11 is 0. The zero-order valence-electron chi connectivity index (χ0n) is 7.40. The fraction of sp³-hybridized carbons (Fsp3) is 0. The minimum Gasteiger partial charge on any atom is -0.477 e. The van der Waals surface area contributed by atoms with Gasteiger partial charge in [-0.05, 0) is 12.1 Å². The van der Waals surface area contributed by atoms with E-state index < -0.39 is 40.6 Å². The molecule has 0 amide bonds. The van der Waals surface area contributed by atoms with Crippen LogP contribution in [0.4, 0.5) is 22.0 Å². The van der Waals surface area contributed by atoms with E-state index in [-0.39, 0.29) is 0 Å². The Morgan fingerprint density at radius 2 is 1.62 bits per heavy atom. The first-order valence-electron chi connectivity index (χ1n) is 3.78. The topological polar surface area (TPSA) is 37.3 Å². The lowest BCUT2D eigenvalue weighted by Gasteiger charge is -2.04. The number of halogens is 5. The Morgan fingerprint density at radius 3 is 2.06 bits per heavy atom. The molecule has 0 spiro atoms. The molecule has 0 saturated heterocycles. The molecule has 7 heteroatoms. The summed E-state index contributed by atoms with van der Waals surface area (Å²) in [5, 5.41) is 8.36. The fourth-order valence-corrected chi connectivity index (χ4v) is 1.02. The lowest BCUT2D eigenvalue weighted by molar-refractivity contribution is -0.130. The minimum atomic E-state index is -2.70. The van der Waals surface area contributed by atoms with Crippen molar-refractivity contribution in [1.82, 2.24) is 0 Å². The van der Waals surface area contributed by atoms with Crippen LogP contribution in [0.25, 0.3) is 5.57 Å². The molecule has 0 radical (unpaired) electrons. The smallest absolute Gasteiger partial charge is 0.341 e. The van der Waals surface area contributed by atoms with Crippen LogP contribution in [0.3, 0.4) is 0 Å². The van der Waals surface area contributed by atoms with E-state index >= 15 is 0 Å². The van der Waals surface area contributed by atoms with Crippen molar-refractivity contribution in [3.05, 3.63) is 41.2 Å². The lowest BCUT2D eigenvalue weighted by atomic mass is 10.1. The van der Waals surface area contributed by atoms with Crippen LogP contribution in [0, 0.1) is 17.5 Å². The van der Waals surface area contributed by atoms with Crippen LogP contribution in [0.1, 0.15) is 5.56 Å². The van der Waals surface area contributed by atoms with E-state index in [1.54, 1.807) is 0 Å². The van der Waals surface area contributed by atoms with Gasteiger partial charge in [-0.3, -0.25) is 0 Å². The predicted octanol–water partition coefficient (Wildman–Crippen LogP) is 2.80. The molecule has 1 aromatic rings. The number of hydrogen-bond donors (Lipinski definition) is 1.